The van der Waals surface area contributed by atoms with Gasteiger partial charge in [0.1, 0.15) is 5.75 Å². The van der Waals surface area contributed by atoms with Gasteiger partial charge < -0.3 is 10.4 Å². The van der Waals surface area contributed by atoms with Crippen molar-refractivity contribution in [2.24, 2.45) is 0 Å². The second-order valence-corrected chi connectivity index (χ2v) is 4.74. The maximum absolute atomic E-state index is 11.1. The standard InChI is InChI=1S/C9H7Br2NO2/c10-5-3-6-4(9(14)8(5)11)1-2-7(13)12-6/h3,14H,1-2H2,(H,12,13). The third-order valence-electron chi connectivity index (χ3n) is 2.18. The molecule has 0 unspecified atom stereocenters. The lowest BCUT2D eigenvalue weighted by atomic mass is 10.0. The molecule has 1 aliphatic rings. The first kappa shape index (κ1) is 9.98. The van der Waals surface area contributed by atoms with E-state index >= 15 is 0 Å². The summed E-state index contributed by atoms with van der Waals surface area (Å²) in [4.78, 5) is 11.1. The summed E-state index contributed by atoms with van der Waals surface area (Å²) in [5.41, 5.74) is 1.48. The number of hydrogen-bond acceptors (Lipinski definition) is 2. The second-order valence-electron chi connectivity index (χ2n) is 3.10. The summed E-state index contributed by atoms with van der Waals surface area (Å²) in [6.45, 7) is 0. The number of phenolic OH excluding ortho intramolecular Hbond substituents is 1. The summed E-state index contributed by atoms with van der Waals surface area (Å²) in [6, 6.07) is 1.79. The monoisotopic (exact) mass is 319 g/mol. The smallest absolute Gasteiger partial charge is 0.224 e. The highest BCUT2D eigenvalue weighted by molar-refractivity contribution is 9.13. The Kier molecular flexibility index (Phi) is 2.53. The third-order valence-corrected chi connectivity index (χ3v) is 4.14. The molecule has 0 saturated heterocycles. The van der Waals surface area contributed by atoms with Crippen molar-refractivity contribution in [1.29, 1.82) is 0 Å². The van der Waals surface area contributed by atoms with Gasteiger partial charge in [-0.1, -0.05) is 0 Å². The Morgan fingerprint density at radius 2 is 2.07 bits per heavy atom. The maximum atomic E-state index is 11.1. The number of benzene rings is 1. The lowest BCUT2D eigenvalue weighted by Crippen LogP contribution is -2.19. The Labute approximate surface area is 97.8 Å². The number of anilines is 1. The number of halogens is 2. The molecule has 1 amide bonds. The largest absolute Gasteiger partial charge is 0.506 e. The van der Waals surface area contributed by atoms with Crippen molar-refractivity contribution in [3.05, 3.63) is 20.6 Å². The second kappa shape index (κ2) is 3.55. The van der Waals surface area contributed by atoms with E-state index in [4.69, 9.17) is 0 Å². The average Bonchev–Trinajstić information content (AvgIpc) is 2.14. The third kappa shape index (κ3) is 1.54. The van der Waals surface area contributed by atoms with Crippen molar-refractivity contribution in [2.75, 3.05) is 5.32 Å². The Hall–Kier alpha value is -0.550. The number of rotatable bonds is 0. The van der Waals surface area contributed by atoms with Gasteiger partial charge in [-0.15, -0.1) is 0 Å². The van der Waals surface area contributed by atoms with Crippen molar-refractivity contribution >= 4 is 43.5 Å². The van der Waals surface area contributed by atoms with Crippen molar-refractivity contribution in [3.8, 4) is 5.75 Å². The Morgan fingerprint density at radius 3 is 2.79 bits per heavy atom. The summed E-state index contributed by atoms with van der Waals surface area (Å²) in [6.07, 6.45) is 1.01. The molecule has 1 aliphatic heterocycles. The van der Waals surface area contributed by atoms with Crippen LogP contribution in [-0.4, -0.2) is 11.0 Å². The van der Waals surface area contributed by atoms with Crippen LogP contribution >= 0.6 is 31.9 Å². The first-order chi connectivity index (χ1) is 6.59. The number of hydrogen-bond donors (Lipinski definition) is 2. The quantitative estimate of drug-likeness (QED) is 0.772. The van der Waals surface area contributed by atoms with Crippen LogP contribution in [0.5, 0.6) is 5.75 Å². The van der Waals surface area contributed by atoms with Gasteiger partial charge in [0, 0.05) is 22.1 Å². The topological polar surface area (TPSA) is 49.3 Å². The molecule has 14 heavy (non-hydrogen) atoms. The van der Waals surface area contributed by atoms with E-state index in [1.807, 2.05) is 0 Å². The fraction of sp³-hybridized carbons (Fsp3) is 0.222. The fourth-order valence-electron chi connectivity index (χ4n) is 1.47. The van der Waals surface area contributed by atoms with Crippen molar-refractivity contribution in [3.63, 3.8) is 0 Å². The molecule has 0 bridgehead atoms. The molecule has 2 rings (SSSR count). The van der Waals surface area contributed by atoms with Gasteiger partial charge in [-0.05, 0) is 44.3 Å². The predicted molar refractivity (Wildman–Crippen MR) is 60.5 cm³/mol. The van der Waals surface area contributed by atoms with Crippen molar-refractivity contribution in [2.45, 2.75) is 12.8 Å². The molecule has 5 heteroatoms. The van der Waals surface area contributed by atoms with E-state index in [2.05, 4.69) is 37.2 Å². The summed E-state index contributed by atoms with van der Waals surface area (Å²) < 4.78 is 1.36. The zero-order valence-corrected chi connectivity index (χ0v) is 10.3. The van der Waals surface area contributed by atoms with Crippen LogP contribution in [0.2, 0.25) is 0 Å². The molecule has 74 valence electrons. The van der Waals surface area contributed by atoms with Crippen LogP contribution in [0.25, 0.3) is 0 Å². The maximum Gasteiger partial charge on any atom is 0.224 e. The fourth-order valence-corrected chi connectivity index (χ4v) is 2.24. The molecule has 0 spiro atoms. The minimum atomic E-state index is -0.00822. The number of amides is 1. The normalized spacial score (nSPS) is 14.9. The van der Waals surface area contributed by atoms with Gasteiger partial charge in [0.15, 0.2) is 0 Å². The summed E-state index contributed by atoms with van der Waals surface area (Å²) in [5.74, 6) is 0.195. The minimum Gasteiger partial charge on any atom is -0.506 e. The molecule has 0 atom stereocenters. The van der Waals surface area contributed by atoms with Crippen LogP contribution < -0.4 is 5.32 Å². The zero-order chi connectivity index (χ0) is 10.3. The van der Waals surface area contributed by atoms with Crippen LogP contribution in [0.3, 0.4) is 0 Å². The van der Waals surface area contributed by atoms with Crippen LogP contribution in [0.4, 0.5) is 5.69 Å². The molecule has 1 heterocycles. The van der Waals surface area contributed by atoms with E-state index < -0.39 is 0 Å². The Balaban J connectivity index is 2.59. The molecule has 0 saturated carbocycles. The SMILES string of the molecule is O=C1CCc2c(cc(Br)c(Br)c2O)N1. The van der Waals surface area contributed by atoms with Crippen LogP contribution in [0.1, 0.15) is 12.0 Å². The lowest BCUT2D eigenvalue weighted by molar-refractivity contribution is -0.116. The molecular weight excluding hydrogens is 314 g/mol. The predicted octanol–water partition coefficient (Wildman–Crippen LogP) is 2.80. The molecule has 0 aliphatic carbocycles. The van der Waals surface area contributed by atoms with E-state index in [0.29, 0.717) is 23.0 Å². The molecule has 3 nitrogen and oxygen atoms in total. The molecular formula is C9H7Br2NO2. The lowest BCUT2D eigenvalue weighted by Gasteiger charge is -2.19. The van der Waals surface area contributed by atoms with Crippen LogP contribution in [0.15, 0.2) is 15.0 Å². The number of carbonyl (C=O) groups is 1. The van der Waals surface area contributed by atoms with Gasteiger partial charge in [0.2, 0.25) is 5.91 Å². The van der Waals surface area contributed by atoms with Gasteiger partial charge in [-0.25, -0.2) is 0 Å². The first-order valence-electron chi connectivity index (χ1n) is 4.09. The minimum absolute atomic E-state index is 0.00822. The first-order valence-corrected chi connectivity index (χ1v) is 5.68. The van der Waals surface area contributed by atoms with Gasteiger partial charge in [0.25, 0.3) is 0 Å². The highest BCUT2D eigenvalue weighted by Crippen LogP contribution is 2.41. The number of fused-ring (bicyclic) bond motifs is 1. The van der Waals surface area contributed by atoms with Gasteiger partial charge >= 0.3 is 0 Å². The summed E-state index contributed by atoms with van der Waals surface area (Å²) in [5, 5.41) is 12.5. The Bertz CT molecular complexity index is 418. The summed E-state index contributed by atoms with van der Waals surface area (Å²) >= 11 is 6.55. The van der Waals surface area contributed by atoms with Gasteiger partial charge in [0.05, 0.1) is 4.47 Å². The number of carbonyl (C=O) groups excluding carboxylic acids is 1. The molecule has 0 fully saturated rings. The van der Waals surface area contributed by atoms with E-state index in [9.17, 15) is 9.90 Å². The van der Waals surface area contributed by atoms with Crippen LogP contribution in [-0.2, 0) is 11.2 Å². The highest BCUT2D eigenvalue weighted by atomic mass is 79.9. The molecule has 0 aromatic heterocycles. The van der Waals surface area contributed by atoms with E-state index in [1.165, 1.54) is 0 Å². The van der Waals surface area contributed by atoms with Crippen molar-refractivity contribution < 1.29 is 9.90 Å². The van der Waals surface area contributed by atoms with E-state index in [-0.39, 0.29) is 11.7 Å². The number of aromatic hydroxyl groups is 1. The molecule has 0 radical (unpaired) electrons. The number of nitrogens with one attached hydrogen (secondary N) is 1. The zero-order valence-electron chi connectivity index (χ0n) is 7.10. The van der Waals surface area contributed by atoms with Gasteiger partial charge in [-0.2, -0.15) is 0 Å². The van der Waals surface area contributed by atoms with Crippen LogP contribution in [0, 0.1) is 0 Å². The average molecular weight is 321 g/mol. The number of phenols is 1. The highest BCUT2D eigenvalue weighted by Gasteiger charge is 2.20. The molecule has 2 N–H and O–H groups in total. The molecule has 1 aromatic rings. The molecule has 1 aromatic carbocycles. The summed E-state index contributed by atoms with van der Waals surface area (Å²) in [7, 11) is 0. The Morgan fingerprint density at radius 1 is 1.36 bits per heavy atom. The van der Waals surface area contributed by atoms with E-state index in [1.54, 1.807) is 6.07 Å². The van der Waals surface area contributed by atoms with E-state index in [0.717, 1.165) is 10.0 Å². The van der Waals surface area contributed by atoms with Gasteiger partial charge in [-0.3, -0.25) is 4.79 Å². The van der Waals surface area contributed by atoms with Crippen molar-refractivity contribution in [1.82, 2.24) is 0 Å².